The molecule has 0 fully saturated rings. The second-order valence-corrected chi connectivity index (χ2v) is 7.18. The molecule has 0 spiro atoms. The van der Waals surface area contributed by atoms with Gasteiger partial charge in [-0.15, -0.1) is 0 Å². The van der Waals surface area contributed by atoms with E-state index in [4.69, 9.17) is 5.26 Å². The van der Waals surface area contributed by atoms with E-state index in [-0.39, 0.29) is 11.0 Å². The van der Waals surface area contributed by atoms with Crippen molar-refractivity contribution in [1.82, 2.24) is 13.3 Å². The molecule has 2 rings (SSSR count). The summed E-state index contributed by atoms with van der Waals surface area (Å²) in [6, 6.07) is 3.28. The normalized spacial score (nSPS) is 12.8. The number of nitriles is 1. The predicted octanol–water partition coefficient (Wildman–Crippen LogP) is 2.34. The molecule has 0 saturated heterocycles. The van der Waals surface area contributed by atoms with Gasteiger partial charge in [0.1, 0.15) is 11.6 Å². The van der Waals surface area contributed by atoms with Gasteiger partial charge in [0, 0.05) is 14.1 Å². The highest BCUT2D eigenvalue weighted by Gasteiger charge is 2.35. The number of nitrogens with zero attached hydrogens (tertiary/aromatic N) is 4. The van der Waals surface area contributed by atoms with E-state index in [1.165, 1.54) is 14.1 Å². The molecule has 0 amide bonds. The second-order valence-electron chi connectivity index (χ2n) is 4.39. The molecule has 2 aromatic rings. The Morgan fingerprint density at radius 1 is 1.36 bits per heavy atom. The maximum absolute atomic E-state index is 12.9. The molecule has 11 heteroatoms. The molecule has 1 heterocycles. The lowest BCUT2D eigenvalue weighted by atomic mass is 10.2. The van der Waals surface area contributed by atoms with Crippen LogP contribution in [0.5, 0.6) is 0 Å². The highest BCUT2D eigenvalue weighted by atomic mass is 79.9. The Morgan fingerprint density at radius 2 is 1.95 bits per heavy atom. The monoisotopic (exact) mass is 396 g/mol. The fraction of sp³-hybridized carbons (Fsp3) is 0.273. The van der Waals surface area contributed by atoms with Crippen molar-refractivity contribution >= 4 is 37.2 Å². The average molecular weight is 397 g/mol. The van der Waals surface area contributed by atoms with Crippen molar-refractivity contribution in [2.24, 2.45) is 0 Å². The van der Waals surface area contributed by atoms with Gasteiger partial charge in [-0.25, -0.2) is 4.98 Å². The summed E-state index contributed by atoms with van der Waals surface area (Å²) in [5, 5.41) is 9.03. The van der Waals surface area contributed by atoms with E-state index in [0.29, 0.717) is 3.97 Å². The summed E-state index contributed by atoms with van der Waals surface area (Å²) < 4.78 is 64.1. The first kappa shape index (κ1) is 16.7. The van der Waals surface area contributed by atoms with Gasteiger partial charge in [0.05, 0.1) is 15.6 Å². The van der Waals surface area contributed by atoms with Gasteiger partial charge in [0.25, 0.3) is 0 Å². The number of hydrogen-bond donors (Lipinski definition) is 0. The molecule has 118 valence electrons. The maximum Gasteiger partial charge on any atom is 0.417 e. The lowest BCUT2D eigenvalue weighted by Gasteiger charge is -2.14. The fourth-order valence-corrected chi connectivity index (χ4v) is 3.45. The minimum atomic E-state index is -4.63. The highest BCUT2D eigenvalue weighted by molar-refractivity contribution is 9.10. The van der Waals surface area contributed by atoms with Crippen LogP contribution in [0, 0.1) is 11.3 Å². The van der Waals surface area contributed by atoms with E-state index < -0.39 is 32.2 Å². The van der Waals surface area contributed by atoms with E-state index in [2.05, 4.69) is 20.9 Å². The van der Waals surface area contributed by atoms with Crippen molar-refractivity contribution in [3.8, 4) is 6.07 Å². The second kappa shape index (κ2) is 5.22. The summed E-state index contributed by atoms with van der Waals surface area (Å²) in [7, 11) is -1.63. The Hall–Kier alpha value is -1.64. The third-order valence-electron chi connectivity index (χ3n) is 2.82. The summed E-state index contributed by atoms with van der Waals surface area (Å²) in [5.41, 5.74) is -1.38. The van der Waals surface area contributed by atoms with Gasteiger partial charge in [-0.05, 0) is 28.1 Å². The standard InChI is InChI=1S/C11H8BrF3N4O2S/c1-18(2)22(20,21)19-7-4-3-6(11(13,14)15)9(12)10(7)17-8(19)5-16/h3-4H,1-2H3. The van der Waals surface area contributed by atoms with Gasteiger partial charge in [-0.2, -0.15) is 35.1 Å². The molecule has 0 N–H and O–H groups in total. The molecule has 0 unspecified atom stereocenters. The van der Waals surface area contributed by atoms with E-state index >= 15 is 0 Å². The zero-order chi connectivity index (χ0) is 16.9. The van der Waals surface area contributed by atoms with Crippen LogP contribution in [0.1, 0.15) is 11.4 Å². The quantitative estimate of drug-likeness (QED) is 0.780. The van der Waals surface area contributed by atoms with Crippen LogP contribution in [0.15, 0.2) is 16.6 Å². The number of rotatable bonds is 2. The lowest BCUT2D eigenvalue weighted by molar-refractivity contribution is -0.138. The van der Waals surface area contributed by atoms with Gasteiger partial charge in [-0.1, -0.05) is 0 Å². The van der Waals surface area contributed by atoms with Crippen molar-refractivity contribution in [3.05, 3.63) is 28.0 Å². The molecule has 0 saturated carbocycles. The van der Waals surface area contributed by atoms with Gasteiger partial charge in [-0.3, -0.25) is 0 Å². The van der Waals surface area contributed by atoms with Crippen molar-refractivity contribution in [2.75, 3.05) is 14.1 Å². The van der Waals surface area contributed by atoms with Crippen LogP contribution in [-0.4, -0.2) is 35.8 Å². The number of benzene rings is 1. The molecule has 6 nitrogen and oxygen atoms in total. The van der Waals surface area contributed by atoms with E-state index in [1.807, 2.05) is 0 Å². The van der Waals surface area contributed by atoms with Crippen LogP contribution in [0.2, 0.25) is 0 Å². The Balaban J connectivity index is 2.93. The van der Waals surface area contributed by atoms with Crippen LogP contribution in [0.25, 0.3) is 11.0 Å². The molecule has 0 bridgehead atoms. The summed E-state index contributed by atoms with van der Waals surface area (Å²) in [6.45, 7) is 0. The number of halogens is 4. The van der Waals surface area contributed by atoms with Crippen LogP contribution < -0.4 is 0 Å². The van der Waals surface area contributed by atoms with E-state index in [1.54, 1.807) is 6.07 Å². The van der Waals surface area contributed by atoms with Crippen LogP contribution in [-0.2, 0) is 16.4 Å². The minimum absolute atomic E-state index is 0.120. The first-order valence-corrected chi connectivity index (χ1v) is 7.82. The van der Waals surface area contributed by atoms with Gasteiger partial charge in [0.15, 0.2) is 0 Å². The summed E-state index contributed by atoms with van der Waals surface area (Å²) >= 11 is 2.78. The third-order valence-corrected chi connectivity index (χ3v) is 5.38. The summed E-state index contributed by atoms with van der Waals surface area (Å²) in [5.74, 6) is -0.524. The van der Waals surface area contributed by atoms with Crippen LogP contribution in [0.3, 0.4) is 0 Å². The molecule has 0 aliphatic carbocycles. The topological polar surface area (TPSA) is 79.0 Å². The molecule has 1 aromatic heterocycles. The Bertz CT molecular complexity index is 897. The summed E-state index contributed by atoms with van der Waals surface area (Å²) in [6.07, 6.45) is -4.63. The molecular weight excluding hydrogens is 389 g/mol. The minimum Gasteiger partial charge on any atom is -0.217 e. The maximum atomic E-state index is 12.9. The van der Waals surface area contributed by atoms with E-state index in [9.17, 15) is 21.6 Å². The zero-order valence-corrected chi connectivity index (χ0v) is 13.6. The molecule has 1 aromatic carbocycles. The Labute approximate surface area is 132 Å². The number of alkyl halides is 3. The molecule has 0 aliphatic rings. The predicted molar refractivity (Wildman–Crippen MR) is 75.2 cm³/mol. The van der Waals surface area contributed by atoms with Crippen molar-refractivity contribution in [3.63, 3.8) is 0 Å². The van der Waals surface area contributed by atoms with Gasteiger partial charge >= 0.3 is 16.4 Å². The molecule has 22 heavy (non-hydrogen) atoms. The average Bonchev–Trinajstić information content (AvgIpc) is 2.77. The number of aromatic nitrogens is 2. The van der Waals surface area contributed by atoms with E-state index in [0.717, 1.165) is 16.4 Å². The number of hydrogen-bond acceptors (Lipinski definition) is 4. The molecule has 0 atom stereocenters. The zero-order valence-electron chi connectivity index (χ0n) is 11.2. The first-order valence-electron chi connectivity index (χ1n) is 5.63. The third kappa shape index (κ3) is 2.47. The summed E-state index contributed by atoms with van der Waals surface area (Å²) in [4.78, 5) is 3.70. The highest BCUT2D eigenvalue weighted by Crippen LogP contribution is 2.38. The van der Waals surface area contributed by atoms with Crippen molar-refractivity contribution < 1.29 is 21.6 Å². The lowest BCUT2D eigenvalue weighted by Crippen LogP contribution is -2.29. The van der Waals surface area contributed by atoms with Crippen molar-refractivity contribution in [1.29, 1.82) is 5.26 Å². The van der Waals surface area contributed by atoms with Crippen LogP contribution >= 0.6 is 15.9 Å². The number of fused-ring (bicyclic) bond motifs is 1. The smallest absolute Gasteiger partial charge is 0.217 e. The molecule has 0 aliphatic heterocycles. The Morgan fingerprint density at radius 3 is 2.41 bits per heavy atom. The number of imidazole rings is 1. The first-order chi connectivity index (χ1) is 10.0. The van der Waals surface area contributed by atoms with Gasteiger partial charge < -0.3 is 0 Å². The SMILES string of the molecule is CN(C)S(=O)(=O)n1c(C#N)nc2c(Br)c(C(F)(F)F)ccc21. The van der Waals surface area contributed by atoms with Crippen LogP contribution in [0.4, 0.5) is 13.2 Å². The molecule has 0 radical (unpaired) electrons. The van der Waals surface area contributed by atoms with Gasteiger partial charge in [0.2, 0.25) is 5.82 Å². The largest absolute Gasteiger partial charge is 0.417 e. The Kier molecular flexibility index (Phi) is 3.97. The fourth-order valence-electron chi connectivity index (χ4n) is 1.78. The van der Waals surface area contributed by atoms with Crippen molar-refractivity contribution in [2.45, 2.75) is 6.18 Å². The molecular formula is C11H8BrF3N4O2S.